The average Bonchev–Trinajstić information content (AvgIpc) is 2.65. The first-order valence-corrected chi connectivity index (χ1v) is 5.21. The van der Waals surface area contributed by atoms with E-state index in [1.807, 2.05) is 0 Å². The molecule has 17 heavy (non-hydrogen) atoms. The van der Waals surface area contributed by atoms with Crippen molar-refractivity contribution in [2.24, 2.45) is 0 Å². The normalized spacial score (nSPS) is 17.3. The minimum Gasteiger partial charge on any atom is -0.497 e. The van der Waals surface area contributed by atoms with Crippen LogP contribution in [0.1, 0.15) is 28.4 Å². The second kappa shape index (κ2) is 4.45. The number of rotatable bonds is 3. The minimum absolute atomic E-state index is 0.140. The number of esters is 1. The molecule has 1 aliphatic rings. The Hall–Kier alpha value is -2.04. The van der Waals surface area contributed by atoms with Crippen LogP contribution < -0.4 is 10.1 Å². The van der Waals surface area contributed by atoms with Crippen molar-refractivity contribution in [1.82, 2.24) is 5.32 Å². The number of carbonyl (C=O) groups excluding carboxylic acids is 2. The van der Waals surface area contributed by atoms with Gasteiger partial charge in [-0.3, -0.25) is 9.59 Å². The highest BCUT2D eigenvalue weighted by molar-refractivity contribution is 6.00. The van der Waals surface area contributed by atoms with Crippen LogP contribution in [-0.2, 0) is 9.53 Å². The third-order valence-corrected chi connectivity index (χ3v) is 2.78. The summed E-state index contributed by atoms with van der Waals surface area (Å²) in [6.07, 6.45) is 0.140. The number of ether oxygens (including phenoxy) is 2. The SMILES string of the molecule is COC(=O)CC1NC(=O)c2cc(OC)ccc21. The van der Waals surface area contributed by atoms with Crippen LogP contribution in [0, 0.1) is 0 Å². The number of amides is 1. The van der Waals surface area contributed by atoms with Gasteiger partial charge in [-0.15, -0.1) is 0 Å². The zero-order valence-corrected chi connectivity index (χ0v) is 9.65. The predicted molar refractivity (Wildman–Crippen MR) is 59.8 cm³/mol. The first-order chi connectivity index (χ1) is 8.15. The van der Waals surface area contributed by atoms with E-state index < -0.39 is 0 Å². The van der Waals surface area contributed by atoms with E-state index in [4.69, 9.17) is 4.74 Å². The van der Waals surface area contributed by atoms with Gasteiger partial charge in [0.2, 0.25) is 0 Å². The number of hydrogen-bond acceptors (Lipinski definition) is 4. The molecule has 1 aromatic rings. The van der Waals surface area contributed by atoms with Gasteiger partial charge in [0.05, 0.1) is 26.7 Å². The molecule has 0 bridgehead atoms. The third-order valence-electron chi connectivity index (χ3n) is 2.78. The lowest BCUT2D eigenvalue weighted by Crippen LogP contribution is -2.21. The molecule has 5 heteroatoms. The molecule has 1 aliphatic heterocycles. The summed E-state index contributed by atoms with van der Waals surface area (Å²) < 4.78 is 9.65. The van der Waals surface area contributed by atoms with E-state index in [0.29, 0.717) is 11.3 Å². The summed E-state index contributed by atoms with van der Waals surface area (Å²) in [6, 6.07) is 4.92. The molecule has 5 nitrogen and oxygen atoms in total. The maximum Gasteiger partial charge on any atom is 0.307 e. The Labute approximate surface area is 98.7 Å². The van der Waals surface area contributed by atoms with Crippen molar-refractivity contribution >= 4 is 11.9 Å². The van der Waals surface area contributed by atoms with E-state index in [9.17, 15) is 9.59 Å². The molecule has 0 aliphatic carbocycles. The van der Waals surface area contributed by atoms with E-state index in [1.54, 1.807) is 25.3 Å². The number of nitrogens with one attached hydrogen (secondary N) is 1. The van der Waals surface area contributed by atoms with Crippen LogP contribution in [0.4, 0.5) is 0 Å². The molecular formula is C12H13NO4. The highest BCUT2D eigenvalue weighted by atomic mass is 16.5. The molecule has 0 saturated heterocycles. The molecule has 1 atom stereocenters. The summed E-state index contributed by atoms with van der Waals surface area (Å²) in [5.41, 5.74) is 1.36. The van der Waals surface area contributed by atoms with Gasteiger partial charge in [0.15, 0.2) is 0 Å². The topological polar surface area (TPSA) is 64.6 Å². The van der Waals surface area contributed by atoms with Crippen molar-refractivity contribution in [2.75, 3.05) is 14.2 Å². The monoisotopic (exact) mass is 235 g/mol. The van der Waals surface area contributed by atoms with E-state index in [-0.39, 0.29) is 24.3 Å². The molecule has 0 aromatic heterocycles. The van der Waals surface area contributed by atoms with Crippen molar-refractivity contribution in [2.45, 2.75) is 12.5 Å². The van der Waals surface area contributed by atoms with Gasteiger partial charge in [-0.25, -0.2) is 0 Å². The molecule has 1 heterocycles. The van der Waals surface area contributed by atoms with Crippen molar-refractivity contribution < 1.29 is 19.1 Å². The summed E-state index contributed by atoms with van der Waals surface area (Å²) in [5, 5.41) is 2.74. The fourth-order valence-corrected chi connectivity index (χ4v) is 1.89. The lowest BCUT2D eigenvalue weighted by atomic mass is 10.0. The molecule has 0 radical (unpaired) electrons. The van der Waals surface area contributed by atoms with E-state index in [2.05, 4.69) is 10.1 Å². The number of carbonyl (C=O) groups is 2. The molecule has 1 aromatic carbocycles. The van der Waals surface area contributed by atoms with E-state index in [1.165, 1.54) is 7.11 Å². The van der Waals surface area contributed by atoms with Gasteiger partial charge in [0, 0.05) is 5.56 Å². The Morgan fingerprint density at radius 2 is 2.18 bits per heavy atom. The van der Waals surface area contributed by atoms with Crippen LogP contribution in [-0.4, -0.2) is 26.1 Å². The van der Waals surface area contributed by atoms with Crippen LogP contribution in [0.15, 0.2) is 18.2 Å². The molecular weight excluding hydrogens is 222 g/mol. The zero-order chi connectivity index (χ0) is 12.4. The quantitative estimate of drug-likeness (QED) is 0.795. The summed E-state index contributed by atoms with van der Waals surface area (Å²) in [6.45, 7) is 0. The Bertz CT molecular complexity index is 470. The largest absolute Gasteiger partial charge is 0.497 e. The summed E-state index contributed by atoms with van der Waals surface area (Å²) in [7, 11) is 2.87. The number of hydrogen-bond donors (Lipinski definition) is 1. The fourth-order valence-electron chi connectivity index (χ4n) is 1.89. The fraction of sp³-hybridized carbons (Fsp3) is 0.333. The predicted octanol–water partition coefficient (Wildman–Crippen LogP) is 1.04. The summed E-state index contributed by atoms with van der Waals surface area (Å²) >= 11 is 0. The molecule has 1 unspecified atom stereocenters. The smallest absolute Gasteiger partial charge is 0.307 e. The molecule has 0 spiro atoms. The first kappa shape index (κ1) is 11.4. The van der Waals surface area contributed by atoms with Crippen molar-refractivity contribution in [3.8, 4) is 5.75 Å². The molecule has 1 amide bonds. The number of fused-ring (bicyclic) bond motifs is 1. The maximum absolute atomic E-state index is 11.7. The molecule has 0 saturated carbocycles. The second-order valence-corrected chi connectivity index (χ2v) is 3.76. The average molecular weight is 235 g/mol. The van der Waals surface area contributed by atoms with Crippen molar-refractivity contribution in [3.63, 3.8) is 0 Å². The Morgan fingerprint density at radius 1 is 1.41 bits per heavy atom. The lowest BCUT2D eigenvalue weighted by Gasteiger charge is -2.09. The van der Waals surface area contributed by atoms with Gasteiger partial charge < -0.3 is 14.8 Å². The lowest BCUT2D eigenvalue weighted by molar-refractivity contribution is -0.141. The third kappa shape index (κ3) is 2.08. The van der Waals surface area contributed by atoms with Gasteiger partial charge in [-0.05, 0) is 17.7 Å². The van der Waals surface area contributed by atoms with Crippen LogP contribution >= 0.6 is 0 Å². The number of methoxy groups -OCH3 is 2. The van der Waals surface area contributed by atoms with Crippen LogP contribution in [0.5, 0.6) is 5.75 Å². The van der Waals surface area contributed by atoms with Gasteiger partial charge >= 0.3 is 5.97 Å². The van der Waals surface area contributed by atoms with Crippen molar-refractivity contribution in [1.29, 1.82) is 0 Å². The van der Waals surface area contributed by atoms with Gasteiger partial charge in [0.25, 0.3) is 5.91 Å². The molecule has 0 fully saturated rings. The minimum atomic E-state index is -0.348. The Kier molecular flexibility index (Phi) is 2.99. The zero-order valence-electron chi connectivity index (χ0n) is 9.65. The summed E-state index contributed by atoms with van der Waals surface area (Å²) in [5.74, 6) is 0.0874. The Balaban J connectivity index is 2.28. The summed E-state index contributed by atoms with van der Waals surface area (Å²) in [4.78, 5) is 22.9. The first-order valence-electron chi connectivity index (χ1n) is 5.21. The maximum atomic E-state index is 11.7. The highest BCUT2D eigenvalue weighted by Gasteiger charge is 2.30. The second-order valence-electron chi connectivity index (χ2n) is 3.76. The van der Waals surface area contributed by atoms with E-state index in [0.717, 1.165) is 5.56 Å². The highest BCUT2D eigenvalue weighted by Crippen LogP contribution is 2.30. The van der Waals surface area contributed by atoms with Crippen LogP contribution in [0.25, 0.3) is 0 Å². The molecule has 2 rings (SSSR count). The molecule has 90 valence electrons. The van der Waals surface area contributed by atoms with Crippen molar-refractivity contribution in [3.05, 3.63) is 29.3 Å². The van der Waals surface area contributed by atoms with Gasteiger partial charge in [0.1, 0.15) is 5.75 Å². The van der Waals surface area contributed by atoms with Crippen LogP contribution in [0.2, 0.25) is 0 Å². The van der Waals surface area contributed by atoms with E-state index >= 15 is 0 Å². The van der Waals surface area contributed by atoms with Gasteiger partial charge in [-0.1, -0.05) is 6.07 Å². The van der Waals surface area contributed by atoms with Crippen LogP contribution in [0.3, 0.4) is 0 Å². The standard InChI is InChI=1S/C12H13NO4/c1-16-7-3-4-8-9(5-7)12(15)13-10(8)6-11(14)17-2/h3-5,10H,6H2,1-2H3,(H,13,15). The number of benzene rings is 1. The van der Waals surface area contributed by atoms with Gasteiger partial charge in [-0.2, -0.15) is 0 Å². The molecule has 1 N–H and O–H groups in total. The Morgan fingerprint density at radius 3 is 2.82 bits per heavy atom.